The third-order valence-electron chi connectivity index (χ3n) is 3.58. The molecular weight excluding hydrogens is 286 g/mol. The standard InChI is InChI=1S/C12H25NO4S2/c1-11-6-4-7-12(2)13(10-11)19(16,17)9-5-8-18(3,14)15/h11-12H,4-10H2,1-3H3. The second-order valence-corrected chi connectivity index (χ2v) is 10.1. The van der Waals surface area contributed by atoms with Crippen molar-refractivity contribution in [3.05, 3.63) is 0 Å². The van der Waals surface area contributed by atoms with Crippen LogP contribution in [0.5, 0.6) is 0 Å². The van der Waals surface area contributed by atoms with Crippen LogP contribution in [0.15, 0.2) is 0 Å². The maximum absolute atomic E-state index is 12.3. The second-order valence-electron chi connectivity index (χ2n) is 5.75. The van der Waals surface area contributed by atoms with Crippen LogP contribution in [-0.2, 0) is 19.9 Å². The molecule has 0 aromatic heterocycles. The van der Waals surface area contributed by atoms with Gasteiger partial charge in [-0.1, -0.05) is 13.3 Å². The molecule has 0 spiro atoms. The zero-order valence-corrected chi connectivity index (χ0v) is 13.6. The van der Waals surface area contributed by atoms with Gasteiger partial charge in [-0.15, -0.1) is 0 Å². The van der Waals surface area contributed by atoms with E-state index in [-0.39, 0.29) is 24.0 Å². The SMILES string of the molecule is CC1CCCC(C)N(S(=O)(=O)CCCS(C)(=O)=O)C1. The van der Waals surface area contributed by atoms with Gasteiger partial charge in [0.05, 0.1) is 11.5 Å². The van der Waals surface area contributed by atoms with Crippen LogP contribution in [0.4, 0.5) is 0 Å². The summed E-state index contributed by atoms with van der Waals surface area (Å²) in [6, 6.07) is 0.0215. The maximum Gasteiger partial charge on any atom is 0.214 e. The summed E-state index contributed by atoms with van der Waals surface area (Å²) in [6.07, 6.45) is 4.31. The molecule has 1 rings (SSSR count). The zero-order valence-electron chi connectivity index (χ0n) is 12.0. The smallest absolute Gasteiger partial charge is 0.214 e. The van der Waals surface area contributed by atoms with Gasteiger partial charge in [0.15, 0.2) is 0 Å². The molecule has 7 heteroatoms. The Morgan fingerprint density at radius 3 is 2.26 bits per heavy atom. The fourth-order valence-corrected chi connectivity index (χ4v) is 5.22. The van der Waals surface area contributed by atoms with Gasteiger partial charge in [0.25, 0.3) is 0 Å². The summed E-state index contributed by atoms with van der Waals surface area (Å²) in [7, 11) is -6.43. The fourth-order valence-electron chi connectivity index (χ4n) is 2.49. The van der Waals surface area contributed by atoms with Crippen LogP contribution >= 0.6 is 0 Å². The number of nitrogens with zero attached hydrogens (tertiary/aromatic N) is 1. The molecule has 0 N–H and O–H groups in total. The summed E-state index contributed by atoms with van der Waals surface area (Å²) in [6.45, 7) is 4.56. The zero-order chi connectivity index (χ0) is 14.7. The molecule has 2 unspecified atom stereocenters. The first-order valence-electron chi connectivity index (χ1n) is 6.79. The van der Waals surface area contributed by atoms with Gasteiger partial charge in [0.2, 0.25) is 10.0 Å². The first kappa shape index (κ1) is 16.9. The van der Waals surface area contributed by atoms with E-state index in [4.69, 9.17) is 0 Å². The van der Waals surface area contributed by atoms with Gasteiger partial charge >= 0.3 is 0 Å². The summed E-state index contributed by atoms with van der Waals surface area (Å²) in [5.41, 5.74) is 0. The highest BCUT2D eigenvalue weighted by Crippen LogP contribution is 2.23. The van der Waals surface area contributed by atoms with Crippen molar-refractivity contribution in [3.8, 4) is 0 Å². The summed E-state index contributed by atoms with van der Waals surface area (Å²) < 4.78 is 48.3. The topological polar surface area (TPSA) is 71.5 Å². The third kappa shape index (κ3) is 5.79. The Kier molecular flexibility index (Phi) is 5.82. The van der Waals surface area contributed by atoms with E-state index in [2.05, 4.69) is 6.92 Å². The van der Waals surface area contributed by atoms with Crippen LogP contribution in [0, 0.1) is 5.92 Å². The molecule has 1 aliphatic heterocycles. The molecule has 1 saturated heterocycles. The van der Waals surface area contributed by atoms with Crippen molar-refractivity contribution >= 4 is 19.9 Å². The predicted molar refractivity (Wildman–Crippen MR) is 77.3 cm³/mol. The number of sulfonamides is 1. The van der Waals surface area contributed by atoms with Crippen LogP contribution in [0.2, 0.25) is 0 Å². The summed E-state index contributed by atoms with van der Waals surface area (Å²) in [5.74, 6) is 0.232. The summed E-state index contributed by atoms with van der Waals surface area (Å²) in [5, 5.41) is 0. The van der Waals surface area contributed by atoms with Crippen LogP contribution in [0.1, 0.15) is 39.5 Å². The Balaban J connectivity index is 2.69. The Bertz CT molecular complexity index is 484. The lowest BCUT2D eigenvalue weighted by Crippen LogP contribution is -2.41. The van der Waals surface area contributed by atoms with E-state index in [9.17, 15) is 16.8 Å². The first-order chi connectivity index (χ1) is 8.62. The van der Waals surface area contributed by atoms with Crippen molar-refractivity contribution in [3.63, 3.8) is 0 Å². The monoisotopic (exact) mass is 311 g/mol. The van der Waals surface area contributed by atoms with Crippen LogP contribution in [-0.4, -0.2) is 51.5 Å². The molecule has 0 amide bonds. The highest BCUT2D eigenvalue weighted by molar-refractivity contribution is 7.91. The number of hydrogen-bond acceptors (Lipinski definition) is 4. The van der Waals surface area contributed by atoms with Crippen LogP contribution < -0.4 is 0 Å². The average Bonchev–Trinajstić information content (AvgIpc) is 2.38. The molecule has 0 aromatic carbocycles. The maximum atomic E-state index is 12.3. The van der Waals surface area contributed by atoms with Crippen LogP contribution in [0.3, 0.4) is 0 Å². The lowest BCUT2D eigenvalue weighted by atomic mass is 10.1. The largest absolute Gasteiger partial charge is 0.229 e. The Morgan fingerprint density at radius 1 is 1.05 bits per heavy atom. The molecule has 0 saturated carbocycles. The van der Waals surface area contributed by atoms with E-state index in [0.29, 0.717) is 12.5 Å². The van der Waals surface area contributed by atoms with Gasteiger partial charge in [-0.3, -0.25) is 0 Å². The van der Waals surface area contributed by atoms with Crippen molar-refractivity contribution < 1.29 is 16.8 Å². The molecule has 0 radical (unpaired) electrons. The van der Waals surface area contributed by atoms with E-state index in [1.165, 1.54) is 0 Å². The van der Waals surface area contributed by atoms with Crippen molar-refractivity contribution in [2.45, 2.75) is 45.6 Å². The molecule has 19 heavy (non-hydrogen) atoms. The molecule has 1 fully saturated rings. The fraction of sp³-hybridized carbons (Fsp3) is 1.00. The molecule has 1 heterocycles. The van der Waals surface area contributed by atoms with E-state index in [1.54, 1.807) is 4.31 Å². The Labute approximate surface area is 117 Å². The molecule has 114 valence electrons. The number of sulfone groups is 1. The lowest BCUT2D eigenvalue weighted by molar-refractivity contribution is 0.317. The minimum Gasteiger partial charge on any atom is -0.229 e. The van der Waals surface area contributed by atoms with E-state index in [1.807, 2.05) is 6.92 Å². The van der Waals surface area contributed by atoms with Gasteiger partial charge in [0.1, 0.15) is 9.84 Å². The van der Waals surface area contributed by atoms with Crippen molar-refractivity contribution in [1.29, 1.82) is 0 Å². The first-order valence-corrected chi connectivity index (χ1v) is 10.5. The third-order valence-corrected chi connectivity index (χ3v) is 6.64. The molecule has 0 aromatic rings. The predicted octanol–water partition coefficient (Wildman–Crippen LogP) is 1.26. The van der Waals surface area contributed by atoms with Gasteiger partial charge in [-0.05, 0) is 32.1 Å². The second kappa shape index (κ2) is 6.54. The van der Waals surface area contributed by atoms with Crippen molar-refractivity contribution in [1.82, 2.24) is 4.31 Å². The molecule has 2 atom stereocenters. The number of hydrogen-bond donors (Lipinski definition) is 0. The van der Waals surface area contributed by atoms with E-state index in [0.717, 1.165) is 25.5 Å². The summed E-state index contributed by atoms with van der Waals surface area (Å²) >= 11 is 0. The van der Waals surface area contributed by atoms with Gasteiger partial charge in [0, 0.05) is 18.8 Å². The minimum atomic E-state index is -3.34. The number of rotatable bonds is 5. The van der Waals surface area contributed by atoms with E-state index < -0.39 is 19.9 Å². The van der Waals surface area contributed by atoms with Crippen molar-refractivity contribution in [2.24, 2.45) is 5.92 Å². The van der Waals surface area contributed by atoms with Crippen molar-refractivity contribution in [2.75, 3.05) is 24.3 Å². The van der Waals surface area contributed by atoms with Gasteiger partial charge in [-0.25, -0.2) is 16.8 Å². The van der Waals surface area contributed by atoms with E-state index >= 15 is 0 Å². The van der Waals surface area contributed by atoms with Gasteiger partial charge in [-0.2, -0.15) is 4.31 Å². The summed E-state index contributed by atoms with van der Waals surface area (Å²) in [4.78, 5) is 0. The normalized spacial score (nSPS) is 27.1. The molecule has 1 aliphatic rings. The Hall–Kier alpha value is -0.140. The molecule has 0 bridgehead atoms. The highest BCUT2D eigenvalue weighted by atomic mass is 32.2. The highest BCUT2D eigenvalue weighted by Gasteiger charge is 2.30. The minimum absolute atomic E-state index is 0.0215. The average molecular weight is 311 g/mol. The Morgan fingerprint density at radius 2 is 1.68 bits per heavy atom. The molecule has 0 aliphatic carbocycles. The van der Waals surface area contributed by atoms with Crippen LogP contribution in [0.25, 0.3) is 0 Å². The van der Waals surface area contributed by atoms with Gasteiger partial charge < -0.3 is 0 Å². The molecular formula is C12H25NO4S2. The molecule has 5 nitrogen and oxygen atoms in total. The lowest BCUT2D eigenvalue weighted by Gasteiger charge is -2.27. The quantitative estimate of drug-likeness (QED) is 0.766.